The molecule has 0 aliphatic carbocycles. The molecule has 25 heavy (non-hydrogen) atoms. The van der Waals surface area contributed by atoms with Crippen molar-refractivity contribution in [2.45, 2.75) is 13.0 Å². The van der Waals surface area contributed by atoms with Gasteiger partial charge in [0.1, 0.15) is 5.69 Å². The molecule has 0 unspecified atom stereocenters. The lowest BCUT2D eigenvalue weighted by molar-refractivity contribution is 0.0931. The normalized spacial score (nSPS) is 12.2. The highest BCUT2D eigenvalue weighted by molar-refractivity contribution is 5.92. The van der Waals surface area contributed by atoms with E-state index in [9.17, 15) is 14.4 Å². The molecule has 0 spiro atoms. The van der Waals surface area contributed by atoms with Crippen LogP contribution in [0.3, 0.4) is 0 Å². The minimum absolute atomic E-state index is 0.0197. The van der Waals surface area contributed by atoms with Crippen LogP contribution in [0.4, 0.5) is 0 Å². The Kier molecular flexibility index (Phi) is 5.58. The van der Waals surface area contributed by atoms with Crippen LogP contribution < -0.4 is 16.6 Å². The van der Waals surface area contributed by atoms with Crippen LogP contribution in [0.25, 0.3) is 0 Å². The van der Waals surface area contributed by atoms with Crippen LogP contribution in [0.1, 0.15) is 27.7 Å². The predicted molar refractivity (Wildman–Crippen MR) is 96.9 cm³/mol. The largest absolute Gasteiger partial charge is 0.349 e. The maximum atomic E-state index is 12.5. The second kappa shape index (κ2) is 7.48. The van der Waals surface area contributed by atoms with Crippen LogP contribution >= 0.6 is 0 Å². The number of rotatable bonds is 5. The van der Waals surface area contributed by atoms with E-state index in [4.69, 9.17) is 0 Å². The number of nitrogens with one attached hydrogen (secondary N) is 1. The van der Waals surface area contributed by atoms with E-state index >= 15 is 0 Å². The summed E-state index contributed by atoms with van der Waals surface area (Å²) in [4.78, 5) is 38.3. The third kappa shape index (κ3) is 3.88. The molecule has 7 heteroatoms. The Balaban J connectivity index is 2.25. The van der Waals surface area contributed by atoms with E-state index in [1.807, 2.05) is 50.2 Å². The first-order valence-corrected chi connectivity index (χ1v) is 8.01. The van der Waals surface area contributed by atoms with Gasteiger partial charge in [0.25, 0.3) is 11.5 Å². The van der Waals surface area contributed by atoms with Crippen LogP contribution in [0.15, 0.2) is 39.9 Å². The number of aromatic nitrogens is 2. The zero-order valence-electron chi connectivity index (χ0n) is 15.2. The Labute approximate surface area is 146 Å². The van der Waals surface area contributed by atoms with Crippen LogP contribution in [0, 0.1) is 6.92 Å². The first kappa shape index (κ1) is 18.7. The van der Waals surface area contributed by atoms with Crippen molar-refractivity contribution in [1.82, 2.24) is 19.4 Å². The van der Waals surface area contributed by atoms with Gasteiger partial charge in [0.2, 0.25) is 0 Å². The number of benzene rings is 1. The Bertz CT molecular complexity index is 896. The van der Waals surface area contributed by atoms with Gasteiger partial charge in [-0.25, -0.2) is 4.79 Å². The standard InChI is InChI=1S/C18H24N4O3/c1-12-8-6-7-9-13(12)15(20(2)3)11-19-17(24)14-10-16(23)22(5)18(25)21(14)4/h6-10,15H,11H2,1-5H3,(H,19,24)/t15-/m1/s1. The maximum absolute atomic E-state index is 12.5. The van der Waals surface area contributed by atoms with Crippen LogP contribution in [-0.2, 0) is 14.1 Å². The molecule has 1 aromatic heterocycles. The Morgan fingerprint density at radius 3 is 2.40 bits per heavy atom. The molecule has 0 bridgehead atoms. The van der Waals surface area contributed by atoms with E-state index in [0.717, 1.165) is 15.7 Å². The summed E-state index contributed by atoms with van der Waals surface area (Å²) in [5.41, 5.74) is 1.27. The highest BCUT2D eigenvalue weighted by Crippen LogP contribution is 2.21. The van der Waals surface area contributed by atoms with Gasteiger partial charge in [0.15, 0.2) is 0 Å². The summed E-state index contributed by atoms with van der Waals surface area (Å²) in [5, 5.41) is 2.83. The molecular weight excluding hydrogens is 320 g/mol. The molecule has 0 aliphatic heterocycles. The lowest BCUT2D eigenvalue weighted by Gasteiger charge is -2.26. The van der Waals surface area contributed by atoms with E-state index in [1.54, 1.807) is 0 Å². The lowest BCUT2D eigenvalue weighted by atomic mass is 10.0. The third-order valence-corrected chi connectivity index (χ3v) is 4.39. The molecule has 2 aromatic rings. The monoisotopic (exact) mass is 344 g/mol. The van der Waals surface area contributed by atoms with Crippen molar-refractivity contribution in [2.24, 2.45) is 14.1 Å². The number of nitrogens with zero attached hydrogens (tertiary/aromatic N) is 3. The molecule has 2 rings (SSSR count). The number of amides is 1. The van der Waals surface area contributed by atoms with Gasteiger partial charge >= 0.3 is 5.69 Å². The zero-order chi connectivity index (χ0) is 18.7. The first-order valence-electron chi connectivity index (χ1n) is 8.01. The summed E-state index contributed by atoms with van der Waals surface area (Å²) >= 11 is 0. The summed E-state index contributed by atoms with van der Waals surface area (Å²) in [5.74, 6) is -0.447. The quantitative estimate of drug-likeness (QED) is 0.853. The fourth-order valence-electron chi connectivity index (χ4n) is 2.76. The van der Waals surface area contributed by atoms with E-state index in [0.29, 0.717) is 6.54 Å². The fraction of sp³-hybridized carbons (Fsp3) is 0.389. The van der Waals surface area contributed by atoms with Crippen molar-refractivity contribution >= 4 is 5.91 Å². The van der Waals surface area contributed by atoms with Crippen molar-refractivity contribution in [3.8, 4) is 0 Å². The van der Waals surface area contributed by atoms with E-state index in [-0.39, 0.29) is 11.7 Å². The molecular formula is C18H24N4O3. The fourth-order valence-corrected chi connectivity index (χ4v) is 2.76. The molecule has 1 aromatic carbocycles. The lowest BCUT2D eigenvalue weighted by Crippen LogP contribution is -2.42. The molecule has 0 aliphatic rings. The van der Waals surface area contributed by atoms with Crippen LogP contribution in [0.2, 0.25) is 0 Å². The minimum Gasteiger partial charge on any atom is -0.349 e. The number of aryl methyl sites for hydroxylation is 1. The second-order valence-electron chi connectivity index (χ2n) is 6.31. The van der Waals surface area contributed by atoms with Crippen molar-refractivity contribution < 1.29 is 4.79 Å². The summed E-state index contributed by atoms with van der Waals surface area (Å²) in [7, 11) is 6.74. The van der Waals surface area contributed by atoms with E-state index in [2.05, 4.69) is 5.32 Å². The summed E-state index contributed by atoms with van der Waals surface area (Å²) in [6.45, 7) is 2.39. The third-order valence-electron chi connectivity index (χ3n) is 4.39. The SMILES string of the molecule is Cc1ccccc1[C@@H](CNC(=O)c1cc(=O)n(C)c(=O)n1C)N(C)C. The number of likely N-dealkylation sites (N-methyl/N-ethyl adjacent to an activating group) is 1. The van der Waals surface area contributed by atoms with Gasteiger partial charge in [-0.1, -0.05) is 24.3 Å². The predicted octanol–water partition coefficient (Wildman–Crippen LogP) is 0.425. The van der Waals surface area contributed by atoms with Crippen LogP contribution in [0.5, 0.6) is 0 Å². The molecule has 134 valence electrons. The highest BCUT2D eigenvalue weighted by Gasteiger charge is 2.19. The van der Waals surface area contributed by atoms with Crippen LogP contribution in [-0.4, -0.2) is 40.6 Å². The molecule has 1 amide bonds. The van der Waals surface area contributed by atoms with E-state index < -0.39 is 17.2 Å². The Morgan fingerprint density at radius 1 is 1.16 bits per heavy atom. The van der Waals surface area contributed by atoms with Gasteiger partial charge in [-0.2, -0.15) is 0 Å². The topological polar surface area (TPSA) is 76.3 Å². The Morgan fingerprint density at radius 2 is 1.80 bits per heavy atom. The molecule has 0 fully saturated rings. The number of hydrogen-bond acceptors (Lipinski definition) is 4. The maximum Gasteiger partial charge on any atom is 0.331 e. The first-order chi connectivity index (χ1) is 11.7. The molecule has 7 nitrogen and oxygen atoms in total. The highest BCUT2D eigenvalue weighted by atomic mass is 16.2. The summed E-state index contributed by atoms with van der Waals surface area (Å²) in [6, 6.07) is 9.15. The molecule has 1 atom stereocenters. The average molecular weight is 344 g/mol. The minimum atomic E-state index is -0.527. The van der Waals surface area contributed by atoms with Crippen molar-refractivity contribution in [3.05, 3.63) is 68.0 Å². The van der Waals surface area contributed by atoms with Gasteiger partial charge in [0.05, 0.1) is 6.04 Å². The van der Waals surface area contributed by atoms with Gasteiger partial charge in [-0.15, -0.1) is 0 Å². The van der Waals surface area contributed by atoms with Crippen molar-refractivity contribution in [3.63, 3.8) is 0 Å². The smallest absolute Gasteiger partial charge is 0.331 e. The molecule has 0 saturated heterocycles. The van der Waals surface area contributed by atoms with Crippen molar-refractivity contribution in [1.29, 1.82) is 0 Å². The number of hydrogen-bond donors (Lipinski definition) is 1. The van der Waals surface area contributed by atoms with Crippen molar-refractivity contribution in [2.75, 3.05) is 20.6 Å². The van der Waals surface area contributed by atoms with Gasteiger partial charge in [-0.3, -0.25) is 18.7 Å². The van der Waals surface area contributed by atoms with Gasteiger partial charge in [0, 0.05) is 26.7 Å². The molecule has 0 saturated carbocycles. The van der Waals surface area contributed by atoms with Gasteiger partial charge < -0.3 is 10.2 Å². The zero-order valence-corrected chi connectivity index (χ0v) is 15.2. The molecule has 1 N–H and O–H groups in total. The number of carbonyl (C=O) groups is 1. The second-order valence-corrected chi connectivity index (χ2v) is 6.31. The summed E-state index contributed by atoms with van der Waals surface area (Å²) in [6.07, 6.45) is 0. The average Bonchev–Trinajstić information content (AvgIpc) is 2.57. The summed E-state index contributed by atoms with van der Waals surface area (Å²) < 4.78 is 2.14. The number of carbonyl (C=O) groups excluding carboxylic acids is 1. The molecule has 0 radical (unpaired) electrons. The molecule has 1 heterocycles. The van der Waals surface area contributed by atoms with Gasteiger partial charge in [-0.05, 0) is 32.1 Å². The van der Waals surface area contributed by atoms with E-state index in [1.165, 1.54) is 24.7 Å². The Hall–Kier alpha value is -2.67.